The molecule has 0 atom stereocenters. The molecular weight excluding hydrogens is 488 g/mol. The van der Waals surface area contributed by atoms with Crippen molar-refractivity contribution in [2.75, 3.05) is 20.8 Å². The van der Waals surface area contributed by atoms with Gasteiger partial charge in [0, 0.05) is 5.56 Å². The maximum absolute atomic E-state index is 13.7. The molecule has 192 valence electrons. The third-order valence-electron chi connectivity index (χ3n) is 6.24. The predicted molar refractivity (Wildman–Crippen MR) is 142 cm³/mol. The molecule has 0 saturated heterocycles. The summed E-state index contributed by atoms with van der Waals surface area (Å²) in [4.78, 5) is 42.0. The summed E-state index contributed by atoms with van der Waals surface area (Å²) in [7, 11) is 3.13. The lowest BCUT2D eigenvalue weighted by molar-refractivity contribution is 0.0921. The molecule has 0 aliphatic heterocycles. The average molecular weight is 513 g/mol. The molecule has 0 radical (unpaired) electrons. The van der Waals surface area contributed by atoms with Crippen LogP contribution >= 0.6 is 0 Å². The first-order valence-corrected chi connectivity index (χ1v) is 11.7. The third kappa shape index (κ3) is 4.71. The third-order valence-corrected chi connectivity index (χ3v) is 6.24. The van der Waals surface area contributed by atoms with Gasteiger partial charge in [0.2, 0.25) is 5.43 Å². The Morgan fingerprint density at radius 2 is 1.61 bits per heavy atom. The number of rotatable bonds is 8. The minimum atomic E-state index is -0.532. The molecule has 0 unspecified atom stereocenters. The number of aromatic amines is 1. The Morgan fingerprint density at radius 3 is 2.26 bits per heavy atom. The van der Waals surface area contributed by atoms with Gasteiger partial charge in [0.05, 0.1) is 31.7 Å². The van der Waals surface area contributed by atoms with Crippen LogP contribution in [0, 0.1) is 6.92 Å². The van der Waals surface area contributed by atoms with Gasteiger partial charge in [-0.2, -0.15) is 0 Å². The molecule has 2 heterocycles. The molecular formula is C28H24N4O6. The molecule has 5 rings (SSSR count). The number of nitrogens with one attached hydrogen (secondary N) is 1. The number of Topliss-reactive ketones (excluding diaryl/α,β-unsaturated/α-hetero) is 1. The quantitative estimate of drug-likeness (QED) is 0.314. The van der Waals surface area contributed by atoms with Crippen molar-refractivity contribution in [3.05, 3.63) is 97.9 Å². The molecule has 0 spiro atoms. The zero-order valence-corrected chi connectivity index (χ0v) is 21.0. The number of fused-ring (bicyclic) bond motifs is 2. The van der Waals surface area contributed by atoms with E-state index in [1.165, 1.54) is 10.7 Å². The van der Waals surface area contributed by atoms with Gasteiger partial charge in [-0.15, -0.1) is 5.10 Å². The van der Waals surface area contributed by atoms with E-state index in [0.717, 1.165) is 5.56 Å². The highest BCUT2D eigenvalue weighted by Gasteiger charge is 2.16. The highest BCUT2D eigenvalue weighted by molar-refractivity contribution is 5.97. The Hall–Kier alpha value is -4.99. The Bertz CT molecular complexity index is 1770. The van der Waals surface area contributed by atoms with Gasteiger partial charge >= 0.3 is 0 Å². The summed E-state index contributed by atoms with van der Waals surface area (Å²) in [5.41, 5.74) is 1.35. The summed E-state index contributed by atoms with van der Waals surface area (Å²) >= 11 is 0. The summed E-state index contributed by atoms with van der Waals surface area (Å²) in [5.74, 6) is 1.46. The minimum Gasteiger partial charge on any atom is -0.497 e. The van der Waals surface area contributed by atoms with Crippen molar-refractivity contribution in [2.45, 2.75) is 13.5 Å². The molecule has 3 aromatic carbocycles. The number of ether oxygens (including phenoxy) is 3. The van der Waals surface area contributed by atoms with E-state index in [-0.39, 0.29) is 35.4 Å². The summed E-state index contributed by atoms with van der Waals surface area (Å²) in [6.45, 7) is 1.77. The number of aryl methyl sites for hydroxylation is 1. The van der Waals surface area contributed by atoms with E-state index < -0.39 is 11.0 Å². The van der Waals surface area contributed by atoms with Gasteiger partial charge in [0.1, 0.15) is 22.8 Å². The van der Waals surface area contributed by atoms with Crippen LogP contribution in [0.3, 0.4) is 0 Å². The number of carbonyl (C=O) groups is 1. The minimum absolute atomic E-state index is 0.0606. The van der Waals surface area contributed by atoms with Crippen LogP contribution in [0.2, 0.25) is 0 Å². The number of benzene rings is 3. The number of nitrogens with zero attached hydrogens (tertiary/aromatic N) is 3. The Balaban J connectivity index is 1.52. The lowest BCUT2D eigenvalue weighted by atomic mass is 10.1. The molecule has 0 bridgehead atoms. The Kier molecular flexibility index (Phi) is 6.61. The SMILES string of the molecule is COc1ccc(Cn2nnc3c(=O)[nH]c4cc(C)c(OCC(=O)c5ccc(OC)cc5)cc4c(=O)c32)cc1. The van der Waals surface area contributed by atoms with Gasteiger partial charge in [-0.3, -0.25) is 14.4 Å². The van der Waals surface area contributed by atoms with Crippen molar-refractivity contribution < 1.29 is 19.0 Å². The van der Waals surface area contributed by atoms with Gasteiger partial charge < -0.3 is 19.2 Å². The molecule has 38 heavy (non-hydrogen) atoms. The van der Waals surface area contributed by atoms with Crippen LogP contribution in [-0.4, -0.2) is 46.6 Å². The van der Waals surface area contributed by atoms with Crippen LogP contribution in [0.1, 0.15) is 21.5 Å². The van der Waals surface area contributed by atoms with E-state index in [2.05, 4.69) is 15.3 Å². The maximum atomic E-state index is 13.7. The highest BCUT2D eigenvalue weighted by Crippen LogP contribution is 2.23. The summed E-state index contributed by atoms with van der Waals surface area (Å²) in [5, 5.41) is 8.26. The molecule has 0 fully saturated rings. The number of aromatic nitrogens is 4. The normalized spacial score (nSPS) is 11.0. The van der Waals surface area contributed by atoms with E-state index in [4.69, 9.17) is 14.2 Å². The second-order valence-electron chi connectivity index (χ2n) is 8.68. The van der Waals surface area contributed by atoms with Crippen molar-refractivity contribution in [2.24, 2.45) is 0 Å². The number of hydrogen-bond donors (Lipinski definition) is 1. The molecule has 5 aromatic rings. The van der Waals surface area contributed by atoms with Gasteiger partial charge in [0.25, 0.3) is 5.56 Å². The van der Waals surface area contributed by atoms with Crippen molar-refractivity contribution in [3.8, 4) is 17.2 Å². The van der Waals surface area contributed by atoms with Crippen LogP contribution in [0.5, 0.6) is 17.2 Å². The van der Waals surface area contributed by atoms with Gasteiger partial charge in [-0.05, 0) is 66.6 Å². The first-order chi connectivity index (χ1) is 18.4. The van der Waals surface area contributed by atoms with Crippen LogP contribution in [-0.2, 0) is 6.54 Å². The summed E-state index contributed by atoms with van der Waals surface area (Å²) < 4.78 is 17.5. The highest BCUT2D eigenvalue weighted by atomic mass is 16.5. The summed E-state index contributed by atoms with van der Waals surface area (Å²) in [6, 6.07) is 17.2. The predicted octanol–water partition coefficient (Wildman–Crippen LogP) is 3.27. The largest absolute Gasteiger partial charge is 0.497 e. The summed E-state index contributed by atoms with van der Waals surface area (Å²) in [6.07, 6.45) is 0. The van der Waals surface area contributed by atoms with Gasteiger partial charge in [-0.1, -0.05) is 17.3 Å². The number of H-pyrrole nitrogens is 1. The number of hydrogen-bond acceptors (Lipinski definition) is 8. The lowest BCUT2D eigenvalue weighted by Crippen LogP contribution is -2.13. The standard InChI is InChI=1S/C28H24N4O6/c1-16-12-22-21(13-24(16)38-15-23(33)18-6-10-20(37-3)11-7-18)27(34)26-25(28(35)29-22)30-31-32(26)14-17-4-8-19(36-2)9-5-17/h4-13H,14-15H2,1-3H3,(H,29,35). The number of methoxy groups -OCH3 is 2. The van der Waals surface area contributed by atoms with Crippen molar-refractivity contribution >= 4 is 27.7 Å². The van der Waals surface area contributed by atoms with E-state index in [1.807, 2.05) is 12.1 Å². The second-order valence-corrected chi connectivity index (χ2v) is 8.68. The van der Waals surface area contributed by atoms with Crippen LogP contribution in [0.4, 0.5) is 0 Å². The van der Waals surface area contributed by atoms with E-state index in [0.29, 0.717) is 33.9 Å². The van der Waals surface area contributed by atoms with Crippen LogP contribution in [0.15, 0.2) is 70.3 Å². The molecule has 0 amide bonds. The van der Waals surface area contributed by atoms with E-state index >= 15 is 0 Å². The first kappa shape index (κ1) is 24.7. The number of carbonyl (C=O) groups excluding carboxylic acids is 1. The van der Waals surface area contributed by atoms with Crippen molar-refractivity contribution in [1.82, 2.24) is 20.0 Å². The topological polar surface area (TPSA) is 125 Å². The van der Waals surface area contributed by atoms with Gasteiger partial charge in [-0.25, -0.2) is 4.68 Å². The monoisotopic (exact) mass is 512 g/mol. The van der Waals surface area contributed by atoms with Crippen molar-refractivity contribution in [3.63, 3.8) is 0 Å². The number of ketones is 1. The average Bonchev–Trinajstić information content (AvgIpc) is 3.32. The molecule has 0 aliphatic rings. The zero-order valence-electron chi connectivity index (χ0n) is 21.0. The molecule has 2 aromatic heterocycles. The molecule has 10 heteroatoms. The fourth-order valence-electron chi connectivity index (χ4n) is 4.15. The lowest BCUT2D eigenvalue weighted by Gasteiger charge is -2.10. The van der Waals surface area contributed by atoms with Gasteiger partial charge in [0.15, 0.2) is 17.9 Å². The first-order valence-electron chi connectivity index (χ1n) is 11.7. The maximum Gasteiger partial charge on any atom is 0.278 e. The zero-order chi connectivity index (χ0) is 26.8. The fraction of sp³-hybridized carbons (Fsp3) is 0.179. The van der Waals surface area contributed by atoms with Crippen LogP contribution in [0.25, 0.3) is 21.9 Å². The van der Waals surface area contributed by atoms with E-state index in [1.54, 1.807) is 63.6 Å². The molecule has 1 N–H and O–H groups in total. The Morgan fingerprint density at radius 1 is 0.947 bits per heavy atom. The smallest absolute Gasteiger partial charge is 0.278 e. The Labute approximate surface area is 216 Å². The van der Waals surface area contributed by atoms with E-state index in [9.17, 15) is 14.4 Å². The fourth-order valence-corrected chi connectivity index (χ4v) is 4.15. The second kappa shape index (κ2) is 10.2. The van der Waals surface area contributed by atoms with Crippen molar-refractivity contribution in [1.29, 1.82) is 0 Å². The molecule has 0 aliphatic carbocycles. The molecule has 10 nitrogen and oxygen atoms in total. The molecule has 0 saturated carbocycles. The van der Waals surface area contributed by atoms with Crippen LogP contribution < -0.4 is 25.2 Å².